The Morgan fingerprint density at radius 1 is 1.16 bits per heavy atom. The van der Waals surface area contributed by atoms with Crippen molar-refractivity contribution in [2.75, 3.05) is 32.8 Å². The number of nitrogens with two attached hydrogens (primary N) is 1. The van der Waals surface area contributed by atoms with Crippen LogP contribution in [0.15, 0.2) is 18.2 Å². The maximum absolute atomic E-state index is 14.2. The van der Waals surface area contributed by atoms with Gasteiger partial charge in [-0.1, -0.05) is 0 Å². The van der Waals surface area contributed by atoms with Gasteiger partial charge in [-0.05, 0) is 76.2 Å². The molecule has 1 spiro atoms. The molecule has 3 saturated heterocycles. The SMILES string of the molecule is CC(C)S(=O)(=O)N1CCC2(CCN(C3COC(c4cc(F)ccc4F)C(N)C3)CC2)C1. The molecule has 3 fully saturated rings. The third kappa shape index (κ3) is 4.53. The van der Waals surface area contributed by atoms with E-state index in [1.54, 1.807) is 18.2 Å². The van der Waals surface area contributed by atoms with E-state index >= 15 is 0 Å². The highest BCUT2D eigenvalue weighted by Gasteiger charge is 2.46. The first kappa shape index (κ1) is 23.0. The highest BCUT2D eigenvalue weighted by atomic mass is 32.2. The van der Waals surface area contributed by atoms with Crippen LogP contribution in [-0.2, 0) is 14.8 Å². The van der Waals surface area contributed by atoms with Gasteiger partial charge in [0.15, 0.2) is 0 Å². The third-order valence-corrected chi connectivity index (χ3v) is 9.62. The van der Waals surface area contributed by atoms with Gasteiger partial charge >= 0.3 is 0 Å². The zero-order valence-corrected chi connectivity index (χ0v) is 19.1. The number of piperidine rings is 1. The second-order valence-electron chi connectivity index (χ2n) is 9.69. The number of rotatable bonds is 4. The molecule has 3 aliphatic rings. The van der Waals surface area contributed by atoms with Gasteiger partial charge in [0.1, 0.15) is 17.7 Å². The molecule has 2 N–H and O–H groups in total. The number of ether oxygens (including phenoxy) is 1. The molecule has 0 radical (unpaired) electrons. The van der Waals surface area contributed by atoms with E-state index in [-0.39, 0.29) is 22.3 Å². The predicted octanol–water partition coefficient (Wildman–Crippen LogP) is 2.65. The first-order chi connectivity index (χ1) is 14.6. The second-order valence-corrected chi connectivity index (χ2v) is 12.2. The summed E-state index contributed by atoms with van der Waals surface area (Å²) in [6.45, 7) is 6.86. The van der Waals surface area contributed by atoms with E-state index in [1.807, 2.05) is 0 Å². The molecule has 31 heavy (non-hydrogen) atoms. The zero-order chi connectivity index (χ0) is 22.4. The minimum atomic E-state index is -3.21. The molecule has 3 atom stereocenters. The van der Waals surface area contributed by atoms with Crippen molar-refractivity contribution >= 4 is 10.0 Å². The molecule has 0 amide bonds. The van der Waals surface area contributed by atoms with Crippen molar-refractivity contribution in [2.24, 2.45) is 11.1 Å². The minimum Gasteiger partial charge on any atom is -0.370 e. The Morgan fingerprint density at radius 2 is 1.84 bits per heavy atom. The summed E-state index contributed by atoms with van der Waals surface area (Å²) in [4.78, 5) is 2.36. The molecule has 3 heterocycles. The van der Waals surface area contributed by atoms with E-state index < -0.39 is 33.8 Å². The Bertz CT molecular complexity index is 903. The van der Waals surface area contributed by atoms with Crippen LogP contribution in [-0.4, -0.2) is 67.7 Å². The standard InChI is InChI=1S/C22H33F2N3O3S/c1-15(2)31(28,29)27-10-7-22(14-27)5-8-26(9-6-22)17-12-20(25)21(30-13-17)18-11-16(23)3-4-19(18)24/h3-4,11,15,17,20-21H,5-10,12-14,25H2,1-2H3. The lowest BCUT2D eigenvalue weighted by Crippen LogP contribution is -2.53. The summed E-state index contributed by atoms with van der Waals surface area (Å²) in [5, 5.41) is -0.389. The number of nitrogens with zero attached hydrogens (tertiary/aromatic N) is 2. The smallest absolute Gasteiger partial charge is 0.216 e. The Balaban J connectivity index is 1.34. The number of benzene rings is 1. The van der Waals surface area contributed by atoms with Crippen molar-refractivity contribution < 1.29 is 21.9 Å². The molecule has 1 aromatic carbocycles. The Hall–Kier alpha value is -1.13. The normalized spacial score (nSPS) is 30.3. The monoisotopic (exact) mass is 457 g/mol. The molecule has 4 rings (SSSR count). The van der Waals surface area contributed by atoms with E-state index in [0.29, 0.717) is 26.1 Å². The van der Waals surface area contributed by atoms with E-state index in [0.717, 1.165) is 44.5 Å². The molecule has 3 unspecified atom stereocenters. The van der Waals surface area contributed by atoms with Gasteiger partial charge < -0.3 is 10.5 Å². The number of sulfonamides is 1. The van der Waals surface area contributed by atoms with Gasteiger partial charge in [0.2, 0.25) is 10.0 Å². The molecule has 6 nitrogen and oxygen atoms in total. The lowest BCUT2D eigenvalue weighted by Gasteiger charge is -2.45. The lowest BCUT2D eigenvalue weighted by atomic mass is 9.77. The van der Waals surface area contributed by atoms with Gasteiger partial charge in [-0.2, -0.15) is 0 Å². The first-order valence-corrected chi connectivity index (χ1v) is 12.7. The summed E-state index contributed by atoms with van der Waals surface area (Å²) in [7, 11) is -3.21. The van der Waals surface area contributed by atoms with Crippen LogP contribution in [0.4, 0.5) is 8.78 Å². The molecule has 0 aromatic heterocycles. The Labute approximate surface area is 183 Å². The largest absolute Gasteiger partial charge is 0.370 e. The second kappa shape index (κ2) is 8.67. The molecular formula is C22H33F2N3O3S. The molecular weight excluding hydrogens is 424 g/mol. The maximum atomic E-state index is 14.2. The van der Waals surface area contributed by atoms with Gasteiger partial charge in [-0.15, -0.1) is 0 Å². The van der Waals surface area contributed by atoms with Crippen LogP contribution in [0.5, 0.6) is 0 Å². The average molecular weight is 458 g/mol. The maximum Gasteiger partial charge on any atom is 0.216 e. The lowest BCUT2D eigenvalue weighted by molar-refractivity contribution is -0.0626. The van der Waals surface area contributed by atoms with Crippen molar-refractivity contribution in [3.63, 3.8) is 0 Å². The number of likely N-dealkylation sites (tertiary alicyclic amines) is 1. The summed E-state index contributed by atoms with van der Waals surface area (Å²) in [5.41, 5.74) is 6.56. The molecule has 0 saturated carbocycles. The van der Waals surface area contributed by atoms with E-state index in [1.165, 1.54) is 6.07 Å². The molecule has 174 valence electrons. The van der Waals surface area contributed by atoms with E-state index in [4.69, 9.17) is 10.5 Å². The summed E-state index contributed by atoms with van der Waals surface area (Å²) in [5.74, 6) is -0.997. The molecule has 9 heteroatoms. The van der Waals surface area contributed by atoms with Gasteiger partial charge in [-0.25, -0.2) is 21.5 Å². The van der Waals surface area contributed by atoms with Crippen LogP contribution in [0.25, 0.3) is 0 Å². The summed E-state index contributed by atoms with van der Waals surface area (Å²) >= 11 is 0. The van der Waals surface area contributed by atoms with Gasteiger partial charge in [0.25, 0.3) is 0 Å². The Morgan fingerprint density at radius 3 is 2.48 bits per heavy atom. The fourth-order valence-electron chi connectivity index (χ4n) is 5.33. The number of halogens is 2. The fraction of sp³-hybridized carbons (Fsp3) is 0.727. The van der Waals surface area contributed by atoms with Crippen molar-refractivity contribution in [3.05, 3.63) is 35.4 Å². The zero-order valence-electron chi connectivity index (χ0n) is 18.3. The summed E-state index contributed by atoms with van der Waals surface area (Å²) in [6.07, 6.45) is 2.82. The highest BCUT2D eigenvalue weighted by molar-refractivity contribution is 7.89. The quantitative estimate of drug-likeness (QED) is 0.752. The van der Waals surface area contributed by atoms with Gasteiger partial charge in [0, 0.05) is 30.7 Å². The van der Waals surface area contributed by atoms with Crippen molar-refractivity contribution in [3.8, 4) is 0 Å². The molecule has 3 aliphatic heterocycles. The van der Waals surface area contributed by atoms with Gasteiger partial charge in [0.05, 0.1) is 11.9 Å². The van der Waals surface area contributed by atoms with Crippen LogP contribution >= 0.6 is 0 Å². The molecule has 1 aromatic rings. The van der Waals surface area contributed by atoms with E-state index in [2.05, 4.69) is 4.90 Å². The third-order valence-electron chi connectivity index (χ3n) is 7.40. The summed E-state index contributed by atoms with van der Waals surface area (Å²) in [6, 6.07) is 3.10. The van der Waals surface area contributed by atoms with Crippen LogP contribution in [0, 0.1) is 17.0 Å². The van der Waals surface area contributed by atoms with Crippen LogP contribution in [0.1, 0.15) is 51.2 Å². The predicted molar refractivity (Wildman–Crippen MR) is 115 cm³/mol. The van der Waals surface area contributed by atoms with E-state index in [9.17, 15) is 17.2 Å². The fourth-order valence-corrected chi connectivity index (χ4v) is 6.73. The number of hydrogen-bond donors (Lipinski definition) is 1. The highest BCUT2D eigenvalue weighted by Crippen LogP contribution is 2.43. The van der Waals surface area contributed by atoms with Gasteiger partial charge in [-0.3, -0.25) is 4.90 Å². The van der Waals surface area contributed by atoms with Crippen molar-refractivity contribution in [1.82, 2.24) is 9.21 Å². The molecule has 0 bridgehead atoms. The van der Waals surface area contributed by atoms with Crippen LogP contribution < -0.4 is 5.73 Å². The van der Waals surface area contributed by atoms with Crippen molar-refractivity contribution in [1.29, 1.82) is 0 Å². The Kier molecular flexibility index (Phi) is 6.44. The summed E-state index contributed by atoms with van der Waals surface area (Å²) < 4.78 is 60.4. The topological polar surface area (TPSA) is 75.9 Å². The average Bonchev–Trinajstić information content (AvgIpc) is 3.15. The van der Waals surface area contributed by atoms with Crippen LogP contribution in [0.2, 0.25) is 0 Å². The van der Waals surface area contributed by atoms with Crippen molar-refractivity contribution in [2.45, 2.75) is 63.0 Å². The minimum absolute atomic E-state index is 0.0589. The van der Waals surface area contributed by atoms with Crippen LogP contribution in [0.3, 0.4) is 0 Å². The molecule has 0 aliphatic carbocycles. The first-order valence-electron chi connectivity index (χ1n) is 11.2. The number of hydrogen-bond acceptors (Lipinski definition) is 5.